The first kappa shape index (κ1) is 17.3. The summed E-state index contributed by atoms with van der Waals surface area (Å²) in [4.78, 5) is 12.1. The monoisotopic (exact) mass is 378 g/mol. The Bertz CT molecular complexity index is 1050. The van der Waals surface area contributed by atoms with Gasteiger partial charge in [-0.2, -0.15) is 0 Å². The Morgan fingerprint density at radius 3 is 2.52 bits per heavy atom. The number of halogens is 1. The summed E-state index contributed by atoms with van der Waals surface area (Å²) in [6, 6.07) is 13.4. The zero-order chi connectivity index (χ0) is 18.6. The molecule has 27 heavy (non-hydrogen) atoms. The summed E-state index contributed by atoms with van der Waals surface area (Å²) in [5.41, 5.74) is 2.13. The second-order valence-corrected chi connectivity index (χ2v) is 6.56. The quantitative estimate of drug-likeness (QED) is 0.490. The average molecular weight is 378 g/mol. The van der Waals surface area contributed by atoms with Crippen LogP contribution in [0.4, 0.5) is 4.39 Å². The van der Waals surface area contributed by atoms with Crippen LogP contribution in [0.25, 0.3) is 17.1 Å². The Morgan fingerprint density at radius 1 is 1.00 bits per heavy atom. The lowest BCUT2D eigenvalue weighted by atomic mass is 10.2. The van der Waals surface area contributed by atoms with E-state index in [0.717, 1.165) is 23.0 Å². The van der Waals surface area contributed by atoms with Crippen molar-refractivity contribution in [2.45, 2.75) is 23.5 Å². The van der Waals surface area contributed by atoms with Gasteiger partial charge >= 0.3 is 0 Å². The van der Waals surface area contributed by atoms with Crippen molar-refractivity contribution in [2.75, 3.05) is 0 Å². The lowest BCUT2D eigenvalue weighted by molar-refractivity contribution is 0.559. The maximum atomic E-state index is 14.6. The molecule has 0 radical (unpaired) electrons. The van der Waals surface area contributed by atoms with Crippen LogP contribution in [0.1, 0.15) is 12.6 Å². The first-order valence-electron chi connectivity index (χ1n) is 8.36. The number of benzene rings is 1. The van der Waals surface area contributed by atoms with Gasteiger partial charge < -0.3 is 0 Å². The molecule has 0 aliphatic rings. The third kappa shape index (κ3) is 3.43. The summed E-state index contributed by atoms with van der Waals surface area (Å²) in [6.45, 7) is 1.86. The van der Waals surface area contributed by atoms with E-state index in [1.54, 1.807) is 12.4 Å². The topological polar surface area (TPSA) is 69.4 Å². The lowest BCUT2D eigenvalue weighted by Gasteiger charge is -2.10. The number of nitrogens with zero attached hydrogens (tertiary/aromatic N) is 6. The summed E-state index contributed by atoms with van der Waals surface area (Å²) < 4.78 is 16.5. The van der Waals surface area contributed by atoms with Crippen LogP contribution in [0.2, 0.25) is 0 Å². The van der Waals surface area contributed by atoms with Gasteiger partial charge in [0.1, 0.15) is 11.4 Å². The second kappa shape index (κ2) is 7.63. The van der Waals surface area contributed by atoms with Crippen LogP contribution >= 0.6 is 11.8 Å². The lowest BCUT2D eigenvalue weighted by Crippen LogP contribution is -2.01. The molecule has 1 aromatic carbocycles. The van der Waals surface area contributed by atoms with Crippen molar-refractivity contribution < 1.29 is 4.39 Å². The number of aryl methyl sites for hydroxylation is 1. The van der Waals surface area contributed by atoms with Crippen molar-refractivity contribution in [3.05, 3.63) is 72.7 Å². The summed E-state index contributed by atoms with van der Waals surface area (Å²) in [7, 11) is 0. The highest BCUT2D eigenvalue weighted by Crippen LogP contribution is 2.32. The molecule has 6 nitrogen and oxygen atoms in total. The Balaban J connectivity index is 1.84. The van der Waals surface area contributed by atoms with E-state index in [9.17, 15) is 4.39 Å². The van der Waals surface area contributed by atoms with Gasteiger partial charge in [-0.15, -0.1) is 10.2 Å². The molecule has 0 atom stereocenters. The predicted molar refractivity (Wildman–Crippen MR) is 100 cm³/mol. The van der Waals surface area contributed by atoms with Gasteiger partial charge in [-0.1, -0.05) is 25.1 Å². The minimum atomic E-state index is -0.418. The number of para-hydroxylation sites is 1. The van der Waals surface area contributed by atoms with Crippen LogP contribution in [-0.2, 0) is 6.42 Å². The number of hydrogen-bond acceptors (Lipinski definition) is 6. The van der Waals surface area contributed by atoms with Crippen LogP contribution in [0.5, 0.6) is 0 Å². The Morgan fingerprint density at radius 2 is 1.78 bits per heavy atom. The van der Waals surface area contributed by atoms with Crippen molar-refractivity contribution >= 4 is 11.8 Å². The van der Waals surface area contributed by atoms with Crippen LogP contribution in [0, 0.1) is 5.82 Å². The van der Waals surface area contributed by atoms with Crippen LogP contribution in [0.3, 0.4) is 0 Å². The number of rotatable bonds is 5. The molecule has 4 aromatic rings. The molecule has 0 N–H and O–H groups in total. The third-order valence-corrected chi connectivity index (χ3v) is 4.86. The molecule has 134 valence electrons. The first-order chi connectivity index (χ1) is 13.3. The number of aromatic nitrogens is 6. The van der Waals surface area contributed by atoms with Gasteiger partial charge in [0.05, 0.1) is 5.69 Å². The highest BCUT2D eigenvalue weighted by molar-refractivity contribution is 7.99. The zero-order valence-electron chi connectivity index (χ0n) is 14.5. The number of pyridine rings is 1. The minimum Gasteiger partial charge on any atom is -0.270 e. The molecule has 0 bridgehead atoms. The summed E-state index contributed by atoms with van der Waals surface area (Å²) >= 11 is 1.13. The highest BCUT2D eigenvalue weighted by Gasteiger charge is 2.19. The van der Waals surface area contributed by atoms with Gasteiger partial charge in [0, 0.05) is 23.6 Å². The van der Waals surface area contributed by atoms with Crippen LogP contribution in [-0.4, -0.2) is 29.7 Å². The second-order valence-electron chi connectivity index (χ2n) is 5.61. The zero-order valence-corrected chi connectivity index (χ0v) is 15.3. The molecule has 0 spiro atoms. The fourth-order valence-electron chi connectivity index (χ4n) is 2.63. The molecule has 8 heteroatoms. The molecule has 4 rings (SSSR count). The molecular weight excluding hydrogens is 363 g/mol. The Kier molecular flexibility index (Phi) is 4.88. The largest absolute Gasteiger partial charge is 0.270 e. The van der Waals surface area contributed by atoms with E-state index in [0.29, 0.717) is 23.1 Å². The molecule has 0 amide bonds. The van der Waals surface area contributed by atoms with E-state index >= 15 is 0 Å². The molecular formula is C19H15FN6S. The van der Waals surface area contributed by atoms with Gasteiger partial charge in [-0.25, -0.2) is 14.4 Å². The fourth-order valence-corrected chi connectivity index (χ4v) is 3.47. The highest BCUT2D eigenvalue weighted by atomic mass is 32.2. The van der Waals surface area contributed by atoms with E-state index in [1.807, 2.05) is 54.0 Å². The normalized spacial score (nSPS) is 10.9. The summed E-state index contributed by atoms with van der Waals surface area (Å²) in [6.07, 6.45) is 5.26. The average Bonchev–Trinajstić information content (AvgIpc) is 3.14. The van der Waals surface area contributed by atoms with Crippen molar-refractivity contribution in [3.63, 3.8) is 0 Å². The van der Waals surface area contributed by atoms with Crippen LogP contribution in [0.15, 0.2) is 71.4 Å². The third-order valence-electron chi connectivity index (χ3n) is 3.94. The smallest absolute Gasteiger partial charge is 0.202 e. The number of hydrogen-bond donors (Lipinski definition) is 0. The molecule has 0 saturated carbocycles. The molecule has 0 aliphatic heterocycles. The maximum absolute atomic E-state index is 14.6. The van der Waals surface area contributed by atoms with Gasteiger partial charge in [-0.05, 0) is 42.4 Å². The molecule has 0 fully saturated rings. The van der Waals surface area contributed by atoms with E-state index in [4.69, 9.17) is 0 Å². The molecule has 0 unspecified atom stereocenters. The van der Waals surface area contributed by atoms with Gasteiger partial charge in [0.15, 0.2) is 11.6 Å². The van der Waals surface area contributed by atoms with Crippen LogP contribution < -0.4 is 0 Å². The standard InChI is InChI=1S/C19H15FN6S/c1-2-15-16(20)18(23-12-22-15)27-19-25-24-17(13-8-10-21-11-9-13)26(19)14-6-4-3-5-7-14/h3-12H,2H2,1H3. The Labute approximate surface area is 159 Å². The summed E-state index contributed by atoms with van der Waals surface area (Å²) in [5, 5.41) is 9.37. The van der Waals surface area contributed by atoms with E-state index in [1.165, 1.54) is 6.33 Å². The van der Waals surface area contributed by atoms with Crippen molar-refractivity contribution in [1.29, 1.82) is 0 Å². The van der Waals surface area contributed by atoms with E-state index < -0.39 is 5.82 Å². The molecule has 3 aromatic heterocycles. The minimum absolute atomic E-state index is 0.229. The van der Waals surface area contributed by atoms with E-state index in [2.05, 4.69) is 25.1 Å². The van der Waals surface area contributed by atoms with Crippen molar-refractivity contribution in [2.24, 2.45) is 0 Å². The molecule has 0 aliphatic carbocycles. The Hall–Kier alpha value is -3.13. The predicted octanol–water partition coefficient (Wildman–Crippen LogP) is 3.97. The summed E-state index contributed by atoms with van der Waals surface area (Å²) in [5.74, 6) is 0.231. The van der Waals surface area contributed by atoms with Crippen molar-refractivity contribution in [1.82, 2.24) is 29.7 Å². The molecule has 3 heterocycles. The first-order valence-corrected chi connectivity index (χ1v) is 9.18. The SMILES string of the molecule is CCc1ncnc(Sc2nnc(-c3ccncc3)n2-c2ccccc2)c1F. The fraction of sp³-hybridized carbons (Fsp3) is 0.105. The van der Waals surface area contributed by atoms with Crippen molar-refractivity contribution in [3.8, 4) is 17.1 Å². The van der Waals surface area contributed by atoms with Gasteiger partial charge in [0.2, 0.25) is 5.16 Å². The molecule has 0 saturated heterocycles. The van der Waals surface area contributed by atoms with Gasteiger partial charge in [-0.3, -0.25) is 9.55 Å². The van der Waals surface area contributed by atoms with E-state index in [-0.39, 0.29) is 5.03 Å². The maximum Gasteiger partial charge on any atom is 0.202 e. The van der Waals surface area contributed by atoms with Gasteiger partial charge in [0.25, 0.3) is 0 Å².